The maximum absolute atomic E-state index is 13.4. The number of hydrogen-bond acceptors (Lipinski definition) is 8. The maximum Gasteiger partial charge on any atom is 0.123 e. The average molecular weight is 647 g/mol. The minimum absolute atomic E-state index is 0.0464. The summed E-state index contributed by atoms with van der Waals surface area (Å²) in [4.78, 5) is 2.23. The molecule has 244 valence electrons. The third kappa shape index (κ3) is 7.91. The Morgan fingerprint density at radius 1 is 0.935 bits per heavy atom. The molecule has 2 aliphatic heterocycles. The van der Waals surface area contributed by atoms with Crippen LogP contribution >= 0.6 is 12.6 Å². The summed E-state index contributed by atoms with van der Waals surface area (Å²) in [7, 11) is 0. The zero-order chi connectivity index (χ0) is 32.6. The zero-order valence-corrected chi connectivity index (χ0v) is 26.8. The largest absolute Gasteiger partial charge is 0.508 e. The van der Waals surface area contributed by atoms with Gasteiger partial charge in [-0.15, -0.1) is 0 Å². The Kier molecular flexibility index (Phi) is 11.7. The average Bonchev–Trinajstić information content (AvgIpc) is 3.52. The highest BCUT2D eigenvalue weighted by Gasteiger charge is 2.37. The molecule has 0 aliphatic carbocycles. The second-order valence-electron chi connectivity index (χ2n) is 11.8. The van der Waals surface area contributed by atoms with Crippen LogP contribution in [-0.4, -0.2) is 58.2 Å². The lowest BCUT2D eigenvalue weighted by Gasteiger charge is -2.32. The fourth-order valence-electron chi connectivity index (χ4n) is 6.53. The number of phenolic OH excluding ortho intramolecular Hbond substituents is 1. The van der Waals surface area contributed by atoms with E-state index in [0.29, 0.717) is 37.9 Å². The SMILES string of the molecule is CS.OCC1CC(O)CC(c2ccc(-c3ccc(C4C(CCC(O)c5ccc(F)cc5)NCN4c4ccccc4)c(O)c3)cc2)O1. The Labute approximate surface area is 275 Å². The number of nitrogens with one attached hydrogen (secondary N) is 1. The normalized spacial score (nSPS) is 23.4. The van der Waals surface area contributed by atoms with Crippen molar-refractivity contribution in [1.82, 2.24) is 5.32 Å². The predicted octanol–water partition coefficient (Wildman–Crippen LogP) is 6.31. The molecule has 0 spiro atoms. The van der Waals surface area contributed by atoms with Crippen LogP contribution in [0.1, 0.15) is 60.6 Å². The summed E-state index contributed by atoms with van der Waals surface area (Å²) in [6.07, 6.45) is 1.86. The highest BCUT2D eigenvalue weighted by atomic mass is 32.1. The molecule has 6 rings (SSSR count). The van der Waals surface area contributed by atoms with Crippen molar-refractivity contribution >= 4 is 18.3 Å². The topological polar surface area (TPSA) is 105 Å². The number of hydrogen-bond donors (Lipinski definition) is 6. The Hall–Kier alpha value is -3.44. The van der Waals surface area contributed by atoms with Gasteiger partial charge in [-0.2, -0.15) is 12.6 Å². The first-order valence-corrected chi connectivity index (χ1v) is 16.6. The Morgan fingerprint density at radius 2 is 1.63 bits per heavy atom. The summed E-state index contributed by atoms with van der Waals surface area (Å²) in [6.45, 7) is 0.467. The van der Waals surface area contributed by atoms with Crippen molar-refractivity contribution in [3.8, 4) is 16.9 Å². The van der Waals surface area contributed by atoms with Gasteiger partial charge in [0, 0.05) is 30.1 Å². The van der Waals surface area contributed by atoms with Crippen molar-refractivity contribution in [2.24, 2.45) is 0 Å². The van der Waals surface area contributed by atoms with Crippen LogP contribution in [0, 0.1) is 5.82 Å². The van der Waals surface area contributed by atoms with Crippen molar-refractivity contribution < 1.29 is 29.6 Å². The van der Waals surface area contributed by atoms with E-state index in [1.807, 2.05) is 54.6 Å². The Balaban J connectivity index is 0.00000204. The van der Waals surface area contributed by atoms with Crippen LogP contribution < -0.4 is 10.2 Å². The van der Waals surface area contributed by atoms with Crippen LogP contribution in [0.2, 0.25) is 0 Å². The van der Waals surface area contributed by atoms with Gasteiger partial charge in [0.15, 0.2) is 0 Å². The maximum atomic E-state index is 13.4. The van der Waals surface area contributed by atoms with E-state index >= 15 is 0 Å². The number of halogens is 1. The third-order valence-electron chi connectivity index (χ3n) is 8.88. The number of aliphatic hydroxyl groups excluding tert-OH is 3. The van der Waals surface area contributed by atoms with Crippen molar-refractivity contribution in [2.75, 3.05) is 24.4 Å². The molecule has 0 bridgehead atoms. The van der Waals surface area contributed by atoms with Gasteiger partial charge in [-0.3, -0.25) is 5.32 Å². The van der Waals surface area contributed by atoms with Crippen molar-refractivity contribution in [3.63, 3.8) is 0 Å². The molecule has 46 heavy (non-hydrogen) atoms. The number of rotatable bonds is 9. The van der Waals surface area contributed by atoms with Crippen LogP contribution in [0.25, 0.3) is 11.1 Å². The van der Waals surface area contributed by atoms with Gasteiger partial charge in [0.1, 0.15) is 11.6 Å². The molecule has 0 amide bonds. The second kappa shape index (κ2) is 15.9. The number of nitrogens with zero attached hydrogens (tertiary/aromatic N) is 1. The zero-order valence-electron chi connectivity index (χ0n) is 25.9. The molecular weight excluding hydrogens is 603 g/mol. The summed E-state index contributed by atoms with van der Waals surface area (Å²) in [6, 6.07) is 29.5. The molecule has 5 N–H and O–H groups in total. The summed E-state index contributed by atoms with van der Waals surface area (Å²) in [5, 5.41) is 45.5. The molecule has 2 heterocycles. The molecule has 6 unspecified atom stereocenters. The molecule has 2 aliphatic rings. The highest BCUT2D eigenvalue weighted by molar-refractivity contribution is 7.79. The van der Waals surface area contributed by atoms with E-state index in [1.54, 1.807) is 24.5 Å². The van der Waals surface area contributed by atoms with Gasteiger partial charge >= 0.3 is 0 Å². The van der Waals surface area contributed by atoms with E-state index < -0.39 is 12.2 Å². The number of phenols is 1. The molecule has 0 aromatic heterocycles. The first-order chi connectivity index (χ1) is 22.4. The number of para-hydroxylation sites is 1. The second-order valence-corrected chi connectivity index (χ2v) is 11.8. The number of ether oxygens (including phenoxy) is 1. The van der Waals surface area contributed by atoms with E-state index in [9.17, 15) is 24.8 Å². The Morgan fingerprint density at radius 3 is 2.30 bits per heavy atom. The molecular formula is C37H43FN2O5S. The Bertz CT molecular complexity index is 1530. The van der Waals surface area contributed by atoms with Gasteiger partial charge in [0.05, 0.1) is 43.7 Å². The molecule has 2 fully saturated rings. The van der Waals surface area contributed by atoms with E-state index in [2.05, 4.69) is 35.0 Å². The molecule has 6 atom stereocenters. The fourth-order valence-corrected chi connectivity index (χ4v) is 6.53. The number of aromatic hydroxyl groups is 1. The molecule has 0 saturated carbocycles. The summed E-state index contributed by atoms with van der Waals surface area (Å²) in [5.41, 5.74) is 5.25. The number of anilines is 1. The molecule has 4 aromatic rings. The summed E-state index contributed by atoms with van der Waals surface area (Å²) >= 11 is 3.53. The highest BCUT2D eigenvalue weighted by Crippen LogP contribution is 2.41. The summed E-state index contributed by atoms with van der Waals surface area (Å²) < 4.78 is 19.3. The number of thiol groups is 1. The lowest BCUT2D eigenvalue weighted by molar-refractivity contribution is -0.113. The van der Waals surface area contributed by atoms with Crippen molar-refractivity contribution in [1.29, 1.82) is 0 Å². The lowest BCUT2D eigenvalue weighted by atomic mass is 9.91. The third-order valence-corrected chi connectivity index (χ3v) is 8.88. The monoisotopic (exact) mass is 646 g/mol. The van der Waals surface area contributed by atoms with Gasteiger partial charge in [-0.1, -0.05) is 66.7 Å². The van der Waals surface area contributed by atoms with Crippen LogP contribution in [0.15, 0.2) is 97.1 Å². The smallest absolute Gasteiger partial charge is 0.123 e. The quantitative estimate of drug-likeness (QED) is 0.119. The molecule has 9 heteroatoms. The van der Waals surface area contributed by atoms with Crippen molar-refractivity contribution in [2.45, 2.75) is 62.2 Å². The van der Waals surface area contributed by atoms with Crippen LogP contribution in [0.3, 0.4) is 0 Å². The first-order valence-electron chi connectivity index (χ1n) is 15.7. The van der Waals surface area contributed by atoms with Gasteiger partial charge < -0.3 is 30.1 Å². The number of benzene rings is 4. The van der Waals surface area contributed by atoms with Crippen LogP contribution in [-0.2, 0) is 4.74 Å². The van der Waals surface area contributed by atoms with Gasteiger partial charge in [-0.05, 0) is 71.7 Å². The number of aliphatic hydroxyl groups is 3. The van der Waals surface area contributed by atoms with Crippen LogP contribution in [0.4, 0.5) is 10.1 Å². The van der Waals surface area contributed by atoms with Crippen LogP contribution in [0.5, 0.6) is 5.75 Å². The van der Waals surface area contributed by atoms with Gasteiger partial charge in [0.25, 0.3) is 0 Å². The minimum atomic E-state index is -0.723. The summed E-state index contributed by atoms with van der Waals surface area (Å²) in [5.74, 6) is -0.143. The first kappa shape index (κ1) is 33.9. The molecule has 2 saturated heterocycles. The standard InChI is InChI=1S/C36H39FN2O5.CH4S/c37-27-13-10-24(11-14-27)33(42)17-16-32-36(39(22-38-32)28-4-2-1-3-5-28)31-15-12-26(18-34(31)43)23-6-8-25(9-7-23)35-20-29(41)19-30(21-40)44-35;1-2/h1-15,18,29-30,32-33,35-36,38,40-43H,16-17,19-22H2;2H,1H3. The van der Waals surface area contributed by atoms with E-state index in [4.69, 9.17) is 4.74 Å². The lowest BCUT2D eigenvalue weighted by Crippen LogP contribution is -2.33. The van der Waals surface area contributed by atoms with E-state index in [-0.39, 0.29) is 42.5 Å². The predicted molar refractivity (Wildman–Crippen MR) is 182 cm³/mol. The molecule has 7 nitrogen and oxygen atoms in total. The minimum Gasteiger partial charge on any atom is -0.508 e. The van der Waals surface area contributed by atoms with E-state index in [0.717, 1.165) is 27.9 Å². The van der Waals surface area contributed by atoms with Gasteiger partial charge in [-0.25, -0.2) is 4.39 Å². The van der Waals surface area contributed by atoms with E-state index in [1.165, 1.54) is 12.1 Å². The molecule has 0 radical (unpaired) electrons. The van der Waals surface area contributed by atoms with Gasteiger partial charge in [0.2, 0.25) is 0 Å². The fraction of sp³-hybridized carbons (Fsp3) is 0.351. The van der Waals surface area contributed by atoms with Crippen molar-refractivity contribution in [3.05, 3.63) is 120 Å². The molecule has 4 aromatic carbocycles.